The fourth-order valence-electron chi connectivity index (χ4n) is 1.68. The van der Waals surface area contributed by atoms with Crippen LogP contribution >= 0.6 is 15.9 Å². The van der Waals surface area contributed by atoms with E-state index in [4.69, 9.17) is 10.5 Å². The molecule has 1 aromatic carbocycles. The van der Waals surface area contributed by atoms with Crippen molar-refractivity contribution in [3.05, 3.63) is 34.1 Å². The summed E-state index contributed by atoms with van der Waals surface area (Å²) in [7, 11) is 0. The smallest absolute Gasteiger partial charge is 0.322 e. The molecule has 5 nitrogen and oxygen atoms in total. The Bertz CT molecular complexity index is 556. The molecule has 0 aliphatic carbocycles. The minimum Gasteiger partial charge on any atom is -0.481 e. The molecule has 2 unspecified atom stereocenters. The van der Waals surface area contributed by atoms with Crippen LogP contribution in [0.5, 0.6) is 0 Å². The average molecular weight is 362 g/mol. The number of carbonyl (C=O) groups excluding carboxylic acids is 1. The maximum atomic E-state index is 13.2. The lowest BCUT2D eigenvalue weighted by Crippen LogP contribution is -2.39. The number of nitrogens with two attached hydrogens (primary N) is 1. The average Bonchev–Trinajstić information content (AvgIpc) is 2.29. The molecule has 0 saturated carbocycles. The van der Waals surface area contributed by atoms with Crippen LogP contribution in [0.15, 0.2) is 22.7 Å². The number of carbonyl (C=O) groups is 2. The lowest BCUT2D eigenvalue weighted by atomic mass is 9.93. The second kappa shape index (κ2) is 6.53. The highest BCUT2D eigenvalue weighted by atomic mass is 79.9. The first-order valence-electron chi connectivity index (χ1n) is 6.19. The Balaban J connectivity index is 3.07. The molecule has 0 bridgehead atoms. The van der Waals surface area contributed by atoms with Gasteiger partial charge in [0.05, 0.1) is 10.5 Å². The molecule has 0 aliphatic heterocycles. The van der Waals surface area contributed by atoms with Crippen LogP contribution in [0, 0.1) is 11.7 Å². The summed E-state index contributed by atoms with van der Waals surface area (Å²) in [5, 5.41) is 9.23. The monoisotopic (exact) mass is 361 g/mol. The van der Waals surface area contributed by atoms with Crippen LogP contribution in [-0.2, 0) is 14.3 Å². The summed E-state index contributed by atoms with van der Waals surface area (Å²) in [6.07, 6.45) is 0. The second-order valence-corrected chi connectivity index (χ2v) is 6.40. The first-order chi connectivity index (χ1) is 9.53. The van der Waals surface area contributed by atoms with Crippen molar-refractivity contribution < 1.29 is 23.8 Å². The summed E-state index contributed by atoms with van der Waals surface area (Å²) in [6.45, 7) is 4.89. The molecular weight excluding hydrogens is 345 g/mol. The van der Waals surface area contributed by atoms with Crippen LogP contribution in [0.1, 0.15) is 32.4 Å². The number of hydrogen-bond acceptors (Lipinski definition) is 4. The number of halogens is 2. The van der Waals surface area contributed by atoms with Gasteiger partial charge >= 0.3 is 11.9 Å². The Labute approximate surface area is 130 Å². The lowest BCUT2D eigenvalue weighted by Gasteiger charge is -2.25. The van der Waals surface area contributed by atoms with E-state index in [-0.39, 0.29) is 4.47 Å². The van der Waals surface area contributed by atoms with Crippen LogP contribution < -0.4 is 5.73 Å². The van der Waals surface area contributed by atoms with Gasteiger partial charge in [-0.1, -0.05) is 6.07 Å². The first kappa shape index (κ1) is 17.6. The summed E-state index contributed by atoms with van der Waals surface area (Å²) >= 11 is 2.99. The van der Waals surface area contributed by atoms with Crippen LogP contribution in [0.3, 0.4) is 0 Å². The summed E-state index contributed by atoms with van der Waals surface area (Å²) in [4.78, 5) is 23.3. The van der Waals surface area contributed by atoms with Gasteiger partial charge in [-0.3, -0.25) is 9.59 Å². The number of hydrogen-bond donors (Lipinski definition) is 2. The maximum absolute atomic E-state index is 13.2. The predicted octanol–water partition coefficient (Wildman–Crippen LogP) is 2.63. The molecule has 0 spiro atoms. The molecule has 116 valence electrons. The van der Waals surface area contributed by atoms with Crippen LogP contribution in [0.25, 0.3) is 0 Å². The molecular formula is C14H17BrFNO4. The van der Waals surface area contributed by atoms with Crippen molar-refractivity contribution in [2.45, 2.75) is 32.4 Å². The zero-order valence-electron chi connectivity index (χ0n) is 11.9. The van der Waals surface area contributed by atoms with Crippen molar-refractivity contribution in [3.63, 3.8) is 0 Å². The molecule has 0 fully saturated rings. The van der Waals surface area contributed by atoms with Crippen molar-refractivity contribution >= 4 is 27.9 Å². The Morgan fingerprint density at radius 2 is 1.95 bits per heavy atom. The van der Waals surface area contributed by atoms with Gasteiger partial charge in [-0.05, 0) is 54.4 Å². The number of benzene rings is 1. The molecule has 0 amide bonds. The normalized spacial score (nSPS) is 14.4. The maximum Gasteiger partial charge on any atom is 0.322 e. The second-order valence-electron chi connectivity index (χ2n) is 5.55. The largest absolute Gasteiger partial charge is 0.481 e. The Kier molecular flexibility index (Phi) is 5.47. The third kappa shape index (κ3) is 4.78. The highest BCUT2D eigenvalue weighted by Crippen LogP contribution is 2.26. The van der Waals surface area contributed by atoms with Crippen LogP contribution in [0.4, 0.5) is 4.39 Å². The van der Waals surface area contributed by atoms with Gasteiger partial charge in [0, 0.05) is 0 Å². The SMILES string of the molecule is CC(C)(C)OC(=O)C(C(=O)O)C(N)c1ccc(F)c(Br)c1. The van der Waals surface area contributed by atoms with Gasteiger partial charge in [-0.2, -0.15) is 0 Å². The molecule has 21 heavy (non-hydrogen) atoms. The first-order valence-corrected chi connectivity index (χ1v) is 6.98. The van der Waals surface area contributed by atoms with Gasteiger partial charge < -0.3 is 15.6 Å². The van der Waals surface area contributed by atoms with Crippen LogP contribution in [0.2, 0.25) is 0 Å². The molecule has 0 radical (unpaired) electrons. The standard InChI is InChI=1S/C14H17BrFNO4/c1-14(2,3)21-13(20)10(12(18)19)11(17)7-4-5-9(16)8(15)6-7/h4-6,10-11H,17H2,1-3H3,(H,18,19). The van der Waals surface area contributed by atoms with E-state index in [9.17, 15) is 19.1 Å². The Morgan fingerprint density at radius 1 is 1.38 bits per heavy atom. The van der Waals surface area contributed by atoms with Crippen molar-refractivity contribution in [2.24, 2.45) is 11.7 Å². The molecule has 0 saturated heterocycles. The summed E-state index contributed by atoms with van der Waals surface area (Å²) in [5.41, 5.74) is 5.35. The van der Waals surface area contributed by atoms with Crippen LogP contribution in [-0.4, -0.2) is 22.6 Å². The van der Waals surface area contributed by atoms with E-state index in [0.29, 0.717) is 5.56 Å². The van der Waals surface area contributed by atoms with Gasteiger partial charge in [-0.25, -0.2) is 4.39 Å². The number of carboxylic acids is 1. The fraction of sp³-hybridized carbons (Fsp3) is 0.429. The van der Waals surface area contributed by atoms with Gasteiger partial charge in [0.15, 0.2) is 5.92 Å². The highest BCUT2D eigenvalue weighted by molar-refractivity contribution is 9.10. The molecule has 3 N–H and O–H groups in total. The summed E-state index contributed by atoms with van der Waals surface area (Å²) in [6, 6.07) is 2.69. The molecule has 1 rings (SSSR count). The van der Waals surface area contributed by atoms with E-state index in [2.05, 4.69) is 15.9 Å². The minimum absolute atomic E-state index is 0.142. The highest BCUT2D eigenvalue weighted by Gasteiger charge is 2.37. The summed E-state index contributed by atoms with van der Waals surface area (Å²) < 4.78 is 18.4. The van der Waals surface area contributed by atoms with E-state index in [1.54, 1.807) is 20.8 Å². The van der Waals surface area contributed by atoms with Gasteiger partial charge in [0.2, 0.25) is 0 Å². The Hall–Kier alpha value is -1.47. The van der Waals surface area contributed by atoms with Crippen molar-refractivity contribution in [1.29, 1.82) is 0 Å². The van der Waals surface area contributed by atoms with E-state index in [1.165, 1.54) is 12.1 Å². The predicted molar refractivity (Wildman–Crippen MR) is 78.0 cm³/mol. The zero-order valence-corrected chi connectivity index (χ0v) is 13.5. The number of esters is 1. The molecule has 1 aromatic rings. The third-order valence-corrected chi connectivity index (χ3v) is 3.22. The van der Waals surface area contributed by atoms with Crippen molar-refractivity contribution in [3.8, 4) is 0 Å². The molecule has 2 atom stereocenters. The number of ether oxygens (including phenoxy) is 1. The quantitative estimate of drug-likeness (QED) is 0.635. The number of carboxylic acid groups (broad SMARTS) is 1. The Morgan fingerprint density at radius 3 is 2.38 bits per heavy atom. The van der Waals surface area contributed by atoms with Gasteiger partial charge in [0.25, 0.3) is 0 Å². The zero-order chi connectivity index (χ0) is 16.4. The summed E-state index contributed by atoms with van der Waals surface area (Å²) in [5.74, 6) is -4.39. The van der Waals surface area contributed by atoms with Crippen molar-refractivity contribution in [2.75, 3.05) is 0 Å². The number of aliphatic carboxylic acids is 1. The van der Waals surface area contributed by atoms with Gasteiger partial charge in [0.1, 0.15) is 11.4 Å². The minimum atomic E-state index is -1.57. The molecule has 7 heteroatoms. The molecule has 0 aromatic heterocycles. The van der Waals surface area contributed by atoms with E-state index in [1.807, 2.05) is 0 Å². The third-order valence-electron chi connectivity index (χ3n) is 2.61. The molecule has 0 heterocycles. The topological polar surface area (TPSA) is 89.6 Å². The lowest BCUT2D eigenvalue weighted by molar-refractivity contribution is -0.167. The van der Waals surface area contributed by atoms with E-state index < -0.39 is 35.3 Å². The van der Waals surface area contributed by atoms with E-state index >= 15 is 0 Å². The van der Waals surface area contributed by atoms with E-state index in [0.717, 1.165) is 6.07 Å². The van der Waals surface area contributed by atoms with Gasteiger partial charge in [-0.15, -0.1) is 0 Å². The number of rotatable bonds is 4. The van der Waals surface area contributed by atoms with Crippen molar-refractivity contribution in [1.82, 2.24) is 0 Å². The molecule has 0 aliphatic rings. The fourth-order valence-corrected chi connectivity index (χ4v) is 2.07.